The third-order valence-electron chi connectivity index (χ3n) is 5.67. The van der Waals surface area contributed by atoms with Gasteiger partial charge in [0.25, 0.3) is 0 Å². The number of piperidine rings is 1. The number of rotatable bonds is 6. The summed E-state index contributed by atoms with van der Waals surface area (Å²) < 4.78 is 0. The number of carbonyl (C=O) groups is 1. The lowest BCUT2D eigenvalue weighted by molar-refractivity contribution is -0.305. The molecule has 174 valence electrons. The summed E-state index contributed by atoms with van der Waals surface area (Å²) >= 11 is 0. The number of carbonyl (C=O) groups excluding carboxylic acids is 1. The number of hydrogen-bond donors (Lipinski definition) is 1. The Morgan fingerprint density at radius 3 is 2.13 bits per heavy atom. The van der Waals surface area contributed by atoms with Crippen molar-refractivity contribution in [2.75, 3.05) is 38.1 Å². The van der Waals surface area contributed by atoms with Crippen LogP contribution in [0, 0.1) is 5.92 Å². The van der Waals surface area contributed by atoms with Gasteiger partial charge in [-0.3, -0.25) is 0 Å². The largest absolute Gasteiger partial charge is 0.550 e. The zero-order chi connectivity index (χ0) is 21.3. The fraction of sp³-hybridized carbons (Fsp3) is 0.458. The summed E-state index contributed by atoms with van der Waals surface area (Å²) in [6.45, 7) is 7.61. The summed E-state index contributed by atoms with van der Waals surface area (Å²) in [5, 5.41) is 20.4. The lowest BCUT2D eigenvalue weighted by atomic mass is 9.77. The number of aliphatic carboxylic acids is 1. The first-order chi connectivity index (χ1) is 13.9. The maximum Gasteiger partial charge on any atom is 0.0946 e. The Morgan fingerprint density at radius 2 is 1.65 bits per heavy atom. The number of anilines is 1. The van der Waals surface area contributed by atoms with Crippen molar-refractivity contribution in [3.63, 3.8) is 0 Å². The van der Waals surface area contributed by atoms with Gasteiger partial charge in [0.15, 0.2) is 0 Å². The van der Waals surface area contributed by atoms with E-state index < -0.39 is 11.6 Å². The van der Waals surface area contributed by atoms with Gasteiger partial charge in [-0.25, -0.2) is 0 Å². The van der Waals surface area contributed by atoms with Crippen LogP contribution in [0.15, 0.2) is 60.7 Å². The second-order valence-electron chi connectivity index (χ2n) is 7.72. The van der Waals surface area contributed by atoms with E-state index in [9.17, 15) is 15.0 Å². The SMILES string of the molecule is CC1CN(CCN(C)c2ccccc2)CCC1(O)c1ccccc1.CCC(=O)[O-].Cl.Cl. The highest BCUT2D eigenvalue weighted by Crippen LogP contribution is 2.37. The predicted molar refractivity (Wildman–Crippen MR) is 130 cm³/mol. The number of likely N-dealkylation sites (N-methyl/N-ethyl adjacent to an activating group) is 1. The molecule has 3 rings (SSSR count). The lowest BCUT2D eigenvalue weighted by Gasteiger charge is -2.44. The first-order valence-corrected chi connectivity index (χ1v) is 10.3. The van der Waals surface area contributed by atoms with Crippen LogP contribution in [-0.2, 0) is 10.4 Å². The van der Waals surface area contributed by atoms with Crippen LogP contribution in [0.25, 0.3) is 0 Å². The van der Waals surface area contributed by atoms with Crippen LogP contribution in [0.5, 0.6) is 0 Å². The summed E-state index contributed by atoms with van der Waals surface area (Å²) in [6, 6.07) is 20.6. The van der Waals surface area contributed by atoms with Crippen LogP contribution in [0.3, 0.4) is 0 Å². The van der Waals surface area contributed by atoms with Gasteiger partial charge < -0.3 is 24.8 Å². The summed E-state index contributed by atoms with van der Waals surface area (Å²) in [7, 11) is 2.14. The van der Waals surface area contributed by atoms with Crippen LogP contribution in [0.4, 0.5) is 5.69 Å². The van der Waals surface area contributed by atoms with E-state index in [0.717, 1.165) is 38.2 Å². The maximum absolute atomic E-state index is 11.1. The van der Waals surface area contributed by atoms with Crippen LogP contribution >= 0.6 is 24.8 Å². The minimum Gasteiger partial charge on any atom is -0.550 e. The first kappa shape index (κ1) is 29.2. The van der Waals surface area contributed by atoms with Gasteiger partial charge in [-0.05, 0) is 30.5 Å². The van der Waals surface area contributed by atoms with Gasteiger partial charge in [0, 0.05) is 50.8 Å². The highest BCUT2D eigenvalue weighted by molar-refractivity contribution is 5.85. The average Bonchev–Trinajstić information content (AvgIpc) is 2.76. The van der Waals surface area contributed by atoms with E-state index in [0.29, 0.717) is 0 Å². The van der Waals surface area contributed by atoms with Crippen molar-refractivity contribution in [2.24, 2.45) is 5.92 Å². The molecule has 0 amide bonds. The fourth-order valence-electron chi connectivity index (χ4n) is 3.67. The number of carboxylic acids is 1. The third kappa shape index (κ3) is 8.69. The molecule has 2 aromatic carbocycles. The molecule has 1 saturated heterocycles. The molecule has 1 heterocycles. The molecule has 0 bridgehead atoms. The number of carboxylic acid groups (broad SMARTS) is 1. The van der Waals surface area contributed by atoms with Gasteiger partial charge in [-0.2, -0.15) is 0 Å². The molecule has 0 saturated carbocycles. The Kier molecular flexibility index (Phi) is 13.5. The number of halogens is 2. The molecule has 2 aromatic rings. The van der Waals surface area contributed by atoms with E-state index in [2.05, 4.69) is 60.2 Å². The molecule has 0 radical (unpaired) electrons. The van der Waals surface area contributed by atoms with E-state index in [1.807, 2.05) is 24.3 Å². The van der Waals surface area contributed by atoms with Crippen molar-refractivity contribution < 1.29 is 15.0 Å². The van der Waals surface area contributed by atoms with Crippen molar-refractivity contribution in [3.05, 3.63) is 66.2 Å². The van der Waals surface area contributed by atoms with Crippen molar-refractivity contribution in [3.8, 4) is 0 Å². The Balaban J connectivity index is 0.00000116. The Hall–Kier alpha value is -1.79. The quantitative estimate of drug-likeness (QED) is 0.702. The lowest BCUT2D eigenvalue weighted by Crippen LogP contribution is -2.50. The monoisotopic (exact) mass is 469 g/mol. The number of likely N-dealkylation sites (tertiary alicyclic amines) is 1. The highest BCUT2D eigenvalue weighted by Gasteiger charge is 2.39. The second-order valence-corrected chi connectivity index (χ2v) is 7.72. The number of para-hydroxylation sites is 1. The molecule has 1 aliphatic heterocycles. The molecule has 7 heteroatoms. The van der Waals surface area contributed by atoms with Gasteiger partial charge in [0.05, 0.1) is 5.60 Å². The third-order valence-corrected chi connectivity index (χ3v) is 5.67. The normalized spacial score (nSPS) is 20.3. The topological polar surface area (TPSA) is 66.8 Å². The average molecular weight is 470 g/mol. The summed E-state index contributed by atoms with van der Waals surface area (Å²) in [4.78, 5) is 14.0. The van der Waals surface area contributed by atoms with E-state index in [1.54, 1.807) is 0 Å². The number of hydrogen-bond acceptors (Lipinski definition) is 5. The number of aliphatic hydroxyl groups is 1. The van der Waals surface area contributed by atoms with E-state index in [1.165, 1.54) is 12.6 Å². The molecule has 0 spiro atoms. The van der Waals surface area contributed by atoms with E-state index in [-0.39, 0.29) is 37.2 Å². The van der Waals surface area contributed by atoms with Crippen molar-refractivity contribution >= 4 is 36.5 Å². The molecular formula is C24H35Cl2N2O3-. The molecule has 1 fully saturated rings. The molecule has 2 unspecified atom stereocenters. The van der Waals surface area contributed by atoms with Crippen LogP contribution in [0.1, 0.15) is 32.3 Å². The van der Waals surface area contributed by atoms with Crippen molar-refractivity contribution in [1.82, 2.24) is 4.90 Å². The second kappa shape index (κ2) is 14.3. The highest BCUT2D eigenvalue weighted by atomic mass is 35.5. The van der Waals surface area contributed by atoms with Gasteiger partial charge in [-0.15, -0.1) is 24.8 Å². The van der Waals surface area contributed by atoms with Gasteiger partial charge >= 0.3 is 0 Å². The molecular weight excluding hydrogens is 435 g/mol. The number of nitrogens with zero attached hydrogens (tertiary/aromatic N) is 2. The molecule has 1 N–H and O–H groups in total. The summed E-state index contributed by atoms with van der Waals surface area (Å²) in [5.74, 6) is -0.763. The predicted octanol–water partition coefficient (Wildman–Crippen LogP) is 3.34. The Morgan fingerprint density at radius 1 is 1.13 bits per heavy atom. The number of benzene rings is 2. The van der Waals surface area contributed by atoms with Crippen LogP contribution in [0.2, 0.25) is 0 Å². The van der Waals surface area contributed by atoms with Crippen LogP contribution < -0.4 is 10.0 Å². The Labute approximate surface area is 198 Å². The first-order valence-electron chi connectivity index (χ1n) is 10.3. The van der Waals surface area contributed by atoms with E-state index >= 15 is 0 Å². The molecule has 0 aromatic heterocycles. The minimum absolute atomic E-state index is 0. The van der Waals surface area contributed by atoms with Gasteiger partial charge in [0.2, 0.25) is 0 Å². The molecule has 1 aliphatic rings. The van der Waals surface area contributed by atoms with Gasteiger partial charge in [0.1, 0.15) is 0 Å². The molecule has 2 atom stereocenters. The zero-order valence-electron chi connectivity index (χ0n) is 18.6. The van der Waals surface area contributed by atoms with Gasteiger partial charge in [-0.1, -0.05) is 62.4 Å². The summed E-state index contributed by atoms with van der Waals surface area (Å²) in [5.41, 5.74) is 1.62. The van der Waals surface area contributed by atoms with Crippen molar-refractivity contribution in [2.45, 2.75) is 32.3 Å². The van der Waals surface area contributed by atoms with Crippen LogP contribution in [-0.4, -0.2) is 49.2 Å². The smallest absolute Gasteiger partial charge is 0.0946 e. The molecule has 0 aliphatic carbocycles. The minimum atomic E-state index is -0.995. The Bertz CT molecular complexity index is 747. The standard InChI is InChI=1S/C21H28N2O.C3H6O2.2ClH/c1-18-17-23(16-15-22(2)20-11-7-4-8-12-20)14-13-21(18,24)19-9-5-3-6-10-19;1-2-3(4)5;;/h3-12,18,24H,13-17H2,1-2H3;2H2,1H3,(H,4,5);2*1H/p-1. The van der Waals surface area contributed by atoms with E-state index in [4.69, 9.17) is 0 Å². The molecule has 31 heavy (non-hydrogen) atoms. The summed E-state index contributed by atoms with van der Waals surface area (Å²) in [6.07, 6.45) is 0.910. The van der Waals surface area contributed by atoms with Crippen molar-refractivity contribution in [1.29, 1.82) is 0 Å². The molecule has 5 nitrogen and oxygen atoms in total. The zero-order valence-corrected chi connectivity index (χ0v) is 20.2. The fourth-order valence-corrected chi connectivity index (χ4v) is 3.67. The maximum atomic E-state index is 11.1.